The van der Waals surface area contributed by atoms with Crippen molar-refractivity contribution in [2.75, 3.05) is 27.0 Å². The van der Waals surface area contributed by atoms with Crippen molar-refractivity contribution in [1.29, 1.82) is 0 Å². The number of nitrogens with zero attached hydrogens (tertiary/aromatic N) is 2. The Morgan fingerprint density at radius 3 is 2.25 bits per heavy atom. The lowest BCUT2D eigenvalue weighted by Gasteiger charge is -2.23. The Labute approximate surface area is 115 Å². The molecule has 1 aromatic rings. The van der Waals surface area contributed by atoms with Crippen molar-refractivity contribution in [1.82, 2.24) is 9.88 Å². The molecule has 0 aliphatic heterocycles. The van der Waals surface area contributed by atoms with E-state index in [-0.39, 0.29) is 11.4 Å². The standard InChI is InChI=1S/C12H15N3O5/c1-15(9(11(17)19-2)12(18)20-3)10(16)8-7(13)5-4-6-14-8/h4-6,9H,13H2,1-3H3. The third kappa shape index (κ3) is 3.02. The number of carbonyl (C=O) groups is 3. The largest absolute Gasteiger partial charge is 0.467 e. The van der Waals surface area contributed by atoms with Crippen molar-refractivity contribution >= 4 is 23.5 Å². The molecule has 0 aliphatic rings. The molecule has 0 saturated heterocycles. The fraction of sp³-hybridized carbons (Fsp3) is 0.333. The third-order valence-electron chi connectivity index (χ3n) is 2.60. The zero-order chi connectivity index (χ0) is 15.3. The van der Waals surface area contributed by atoms with Gasteiger partial charge in [0.15, 0.2) is 5.69 Å². The SMILES string of the molecule is COC(=O)C(C(=O)OC)N(C)C(=O)c1ncccc1N. The number of methoxy groups -OCH3 is 2. The van der Waals surface area contributed by atoms with Crippen LogP contribution in [0.1, 0.15) is 10.5 Å². The minimum absolute atomic E-state index is 0.0622. The molecule has 0 radical (unpaired) electrons. The number of anilines is 1. The van der Waals surface area contributed by atoms with Crippen LogP contribution in [0.25, 0.3) is 0 Å². The summed E-state index contributed by atoms with van der Waals surface area (Å²) in [5, 5.41) is 0. The quantitative estimate of drug-likeness (QED) is 0.582. The molecule has 8 nitrogen and oxygen atoms in total. The van der Waals surface area contributed by atoms with Crippen LogP contribution in [0, 0.1) is 0 Å². The fourth-order valence-corrected chi connectivity index (χ4v) is 1.52. The number of esters is 2. The highest BCUT2D eigenvalue weighted by molar-refractivity contribution is 6.06. The van der Waals surface area contributed by atoms with Crippen molar-refractivity contribution in [2.45, 2.75) is 6.04 Å². The van der Waals surface area contributed by atoms with E-state index in [0.717, 1.165) is 19.1 Å². The molecule has 0 atom stereocenters. The number of nitrogen functional groups attached to an aromatic ring is 1. The summed E-state index contributed by atoms with van der Waals surface area (Å²) in [6.07, 6.45) is 1.38. The molecule has 0 bridgehead atoms. The van der Waals surface area contributed by atoms with E-state index >= 15 is 0 Å². The summed E-state index contributed by atoms with van der Waals surface area (Å²) in [6, 6.07) is 1.53. The molecule has 0 aliphatic carbocycles. The maximum Gasteiger partial charge on any atom is 0.340 e. The van der Waals surface area contributed by atoms with Gasteiger partial charge in [-0.3, -0.25) is 4.79 Å². The van der Waals surface area contributed by atoms with E-state index < -0.39 is 23.9 Å². The summed E-state index contributed by atoms with van der Waals surface area (Å²) in [5.74, 6) is -2.52. The molecule has 0 aromatic carbocycles. The lowest BCUT2D eigenvalue weighted by molar-refractivity contribution is -0.158. The van der Waals surface area contributed by atoms with Crippen LogP contribution < -0.4 is 5.73 Å². The van der Waals surface area contributed by atoms with Gasteiger partial charge in [0.2, 0.25) is 6.04 Å². The molecule has 108 valence electrons. The first-order chi connectivity index (χ1) is 9.43. The van der Waals surface area contributed by atoms with Crippen LogP contribution in [0.4, 0.5) is 5.69 Å². The van der Waals surface area contributed by atoms with Gasteiger partial charge in [-0.15, -0.1) is 0 Å². The molecule has 20 heavy (non-hydrogen) atoms. The third-order valence-corrected chi connectivity index (χ3v) is 2.60. The highest BCUT2D eigenvalue weighted by atomic mass is 16.5. The van der Waals surface area contributed by atoms with Gasteiger partial charge in [0.1, 0.15) is 0 Å². The monoisotopic (exact) mass is 281 g/mol. The van der Waals surface area contributed by atoms with Gasteiger partial charge in [-0.25, -0.2) is 14.6 Å². The van der Waals surface area contributed by atoms with Gasteiger partial charge in [-0.2, -0.15) is 0 Å². The van der Waals surface area contributed by atoms with Crippen molar-refractivity contribution in [2.24, 2.45) is 0 Å². The summed E-state index contributed by atoms with van der Waals surface area (Å²) in [4.78, 5) is 40.1. The van der Waals surface area contributed by atoms with Gasteiger partial charge < -0.3 is 20.1 Å². The van der Waals surface area contributed by atoms with Gasteiger partial charge in [-0.1, -0.05) is 0 Å². The Kier molecular flexibility index (Phi) is 5.01. The van der Waals surface area contributed by atoms with Gasteiger partial charge in [-0.05, 0) is 12.1 Å². The number of likely N-dealkylation sites (N-methyl/N-ethyl adjacent to an activating group) is 1. The molecule has 2 N–H and O–H groups in total. The minimum Gasteiger partial charge on any atom is -0.467 e. The number of nitrogens with two attached hydrogens (primary N) is 1. The number of aromatic nitrogens is 1. The molecule has 0 saturated carbocycles. The first-order valence-electron chi connectivity index (χ1n) is 5.57. The number of carbonyl (C=O) groups excluding carboxylic acids is 3. The second-order valence-electron chi connectivity index (χ2n) is 3.81. The van der Waals surface area contributed by atoms with Gasteiger partial charge in [0.25, 0.3) is 5.91 Å². The van der Waals surface area contributed by atoms with Crippen LogP contribution in [0.2, 0.25) is 0 Å². The number of ether oxygens (including phenoxy) is 2. The predicted molar refractivity (Wildman–Crippen MR) is 68.6 cm³/mol. The fourth-order valence-electron chi connectivity index (χ4n) is 1.52. The highest BCUT2D eigenvalue weighted by Crippen LogP contribution is 2.12. The number of pyridine rings is 1. The summed E-state index contributed by atoms with van der Waals surface area (Å²) in [6.45, 7) is 0. The summed E-state index contributed by atoms with van der Waals surface area (Å²) < 4.78 is 8.97. The highest BCUT2D eigenvalue weighted by Gasteiger charge is 2.36. The van der Waals surface area contributed by atoms with Crippen LogP contribution >= 0.6 is 0 Å². The average Bonchev–Trinajstić information content (AvgIpc) is 2.46. The van der Waals surface area contributed by atoms with Crippen molar-refractivity contribution < 1.29 is 23.9 Å². The summed E-state index contributed by atoms with van der Waals surface area (Å²) in [7, 11) is 3.46. The minimum atomic E-state index is -1.51. The Morgan fingerprint density at radius 2 is 1.80 bits per heavy atom. The molecule has 0 fully saturated rings. The topological polar surface area (TPSA) is 112 Å². The van der Waals surface area contributed by atoms with Crippen LogP contribution in [0.3, 0.4) is 0 Å². The van der Waals surface area contributed by atoms with Gasteiger partial charge in [0.05, 0.1) is 19.9 Å². The Morgan fingerprint density at radius 1 is 1.25 bits per heavy atom. The van der Waals surface area contributed by atoms with Crippen LogP contribution in [-0.4, -0.2) is 55.0 Å². The van der Waals surface area contributed by atoms with Gasteiger partial charge in [0, 0.05) is 13.2 Å². The molecule has 8 heteroatoms. The zero-order valence-electron chi connectivity index (χ0n) is 11.3. The number of rotatable bonds is 4. The molecule has 1 rings (SSSR count). The zero-order valence-corrected chi connectivity index (χ0v) is 11.3. The van der Waals surface area contributed by atoms with Crippen molar-refractivity contribution in [3.05, 3.63) is 24.0 Å². The smallest absolute Gasteiger partial charge is 0.340 e. The van der Waals surface area contributed by atoms with E-state index in [9.17, 15) is 14.4 Å². The molecule has 1 aromatic heterocycles. The molecular formula is C12H15N3O5. The molecule has 0 unspecified atom stereocenters. The maximum absolute atomic E-state index is 12.2. The second-order valence-corrected chi connectivity index (χ2v) is 3.81. The molecular weight excluding hydrogens is 266 g/mol. The summed E-state index contributed by atoms with van der Waals surface area (Å²) >= 11 is 0. The predicted octanol–water partition coefficient (Wildman–Crippen LogP) is -0.550. The van der Waals surface area contributed by atoms with E-state index in [4.69, 9.17) is 5.73 Å². The van der Waals surface area contributed by atoms with Crippen molar-refractivity contribution in [3.63, 3.8) is 0 Å². The van der Waals surface area contributed by atoms with E-state index in [1.807, 2.05) is 0 Å². The first-order valence-corrected chi connectivity index (χ1v) is 5.57. The van der Waals surface area contributed by atoms with E-state index in [1.165, 1.54) is 19.3 Å². The number of hydrogen-bond acceptors (Lipinski definition) is 7. The Balaban J connectivity index is 3.09. The van der Waals surface area contributed by atoms with E-state index in [0.29, 0.717) is 0 Å². The van der Waals surface area contributed by atoms with Gasteiger partial charge >= 0.3 is 11.9 Å². The van der Waals surface area contributed by atoms with Crippen LogP contribution in [0.5, 0.6) is 0 Å². The molecule has 0 spiro atoms. The molecule has 1 heterocycles. The lowest BCUT2D eigenvalue weighted by atomic mass is 10.2. The van der Waals surface area contributed by atoms with Crippen LogP contribution in [0.15, 0.2) is 18.3 Å². The second kappa shape index (κ2) is 6.50. The van der Waals surface area contributed by atoms with Crippen LogP contribution in [-0.2, 0) is 19.1 Å². The molecule has 1 amide bonds. The maximum atomic E-state index is 12.2. The van der Waals surface area contributed by atoms with E-state index in [1.54, 1.807) is 6.07 Å². The average molecular weight is 281 g/mol. The Hall–Kier alpha value is -2.64. The number of hydrogen-bond donors (Lipinski definition) is 1. The Bertz CT molecular complexity index is 516. The first kappa shape index (κ1) is 15.4. The van der Waals surface area contributed by atoms with E-state index in [2.05, 4.69) is 14.5 Å². The lowest BCUT2D eigenvalue weighted by Crippen LogP contribution is -2.49. The summed E-state index contributed by atoms with van der Waals surface area (Å²) in [5.41, 5.74) is 5.71. The normalized spacial score (nSPS) is 10.0. The van der Waals surface area contributed by atoms with Crippen molar-refractivity contribution in [3.8, 4) is 0 Å². The number of amides is 1.